The predicted octanol–water partition coefficient (Wildman–Crippen LogP) is -0.369. The molecule has 1 amide bonds. The molecule has 0 aromatic heterocycles. The van der Waals surface area contributed by atoms with Gasteiger partial charge in [0.15, 0.2) is 0 Å². The van der Waals surface area contributed by atoms with Crippen LogP contribution in [0.1, 0.15) is 0 Å². The molecule has 2 heterocycles. The van der Waals surface area contributed by atoms with Gasteiger partial charge in [-0.1, -0.05) is 0 Å². The van der Waals surface area contributed by atoms with Crippen LogP contribution in [0.15, 0.2) is 5.10 Å². The van der Waals surface area contributed by atoms with E-state index in [9.17, 15) is 4.79 Å². The fourth-order valence-corrected chi connectivity index (χ4v) is 1.56. The Bertz CT molecular complexity index is 243. The van der Waals surface area contributed by atoms with Crippen LogP contribution in [-0.2, 0) is 4.74 Å². The molecular weight excluding hydrogens is 192 g/mol. The van der Waals surface area contributed by atoms with Gasteiger partial charge in [0.25, 0.3) is 5.24 Å². The van der Waals surface area contributed by atoms with E-state index in [1.54, 1.807) is 10.6 Å². The Morgan fingerprint density at radius 3 is 3.23 bits per heavy atom. The molecule has 0 bridgehead atoms. The van der Waals surface area contributed by atoms with E-state index in [1.165, 1.54) is 0 Å². The lowest BCUT2D eigenvalue weighted by Crippen LogP contribution is -2.27. The summed E-state index contributed by atoms with van der Waals surface area (Å²) < 4.78 is 6.74. The summed E-state index contributed by atoms with van der Waals surface area (Å²) in [6, 6.07) is 0. The van der Waals surface area contributed by atoms with Crippen molar-refractivity contribution < 1.29 is 9.53 Å². The second-order valence-corrected chi connectivity index (χ2v) is 3.90. The summed E-state index contributed by atoms with van der Waals surface area (Å²) in [4.78, 5) is 10.5. The molecule has 0 aromatic rings. The first-order chi connectivity index (χ1) is 6.24. The molecule has 13 heavy (non-hydrogen) atoms. The maximum absolute atomic E-state index is 10.5. The van der Waals surface area contributed by atoms with Crippen molar-refractivity contribution in [1.29, 1.82) is 0 Å². The smallest absolute Gasteiger partial charge is 0.297 e. The van der Waals surface area contributed by atoms with Crippen molar-refractivity contribution in [1.82, 2.24) is 9.31 Å². The van der Waals surface area contributed by atoms with Gasteiger partial charge in [-0.05, 0) is 0 Å². The van der Waals surface area contributed by atoms with E-state index in [0.29, 0.717) is 12.8 Å². The zero-order chi connectivity index (χ0) is 9.26. The maximum atomic E-state index is 10.5. The molecular formula is C6H10N4O2S. The van der Waals surface area contributed by atoms with Crippen LogP contribution in [0.4, 0.5) is 4.79 Å². The summed E-state index contributed by atoms with van der Waals surface area (Å²) in [5.74, 6) is 0. The van der Waals surface area contributed by atoms with E-state index in [-0.39, 0.29) is 0 Å². The zero-order valence-corrected chi connectivity index (χ0v) is 7.74. The number of carbonyl (C=O) groups is 1. The Kier molecular flexibility index (Phi) is 2.28. The lowest BCUT2D eigenvalue weighted by atomic mass is 10.5. The quantitative estimate of drug-likeness (QED) is 0.499. The van der Waals surface area contributed by atoms with Gasteiger partial charge in [-0.3, -0.25) is 14.1 Å². The van der Waals surface area contributed by atoms with Crippen molar-refractivity contribution in [2.75, 3.05) is 19.8 Å². The molecule has 6 nitrogen and oxygen atoms in total. The minimum atomic E-state index is -0.420. The Hall–Kier alpha value is -0.950. The van der Waals surface area contributed by atoms with Crippen LogP contribution >= 0.6 is 11.9 Å². The Morgan fingerprint density at radius 2 is 2.62 bits per heavy atom. The number of nitrogens with zero attached hydrogens (tertiary/aromatic N) is 3. The highest BCUT2D eigenvalue weighted by Gasteiger charge is 2.27. The number of epoxide rings is 1. The number of carbonyl (C=O) groups excluding carboxylic acids is 1. The summed E-state index contributed by atoms with van der Waals surface area (Å²) in [6.45, 7) is 2.19. The van der Waals surface area contributed by atoms with Gasteiger partial charge in [0.05, 0.1) is 25.1 Å². The number of hydrogen-bond donors (Lipinski definition) is 1. The molecule has 0 aliphatic carbocycles. The number of hydrogen-bond acceptors (Lipinski definition) is 6. The maximum Gasteiger partial charge on any atom is 0.297 e. The van der Waals surface area contributed by atoms with Crippen LogP contribution in [-0.4, -0.2) is 46.8 Å². The number of ether oxygens (including phenoxy) is 1. The third-order valence-corrected chi connectivity index (χ3v) is 2.29. The van der Waals surface area contributed by atoms with Crippen molar-refractivity contribution in [3.63, 3.8) is 0 Å². The number of rotatable bonds is 3. The molecule has 0 radical (unpaired) electrons. The van der Waals surface area contributed by atoms with Gasteiger partial charge in [0.2, 0.25) is 0 Å². The molecule has 0 aromatic carbocycles. The van der Waals surface area contributed by atoms with Crippen LogP contribution in [0.3, 0.4) is 0 Å². The molecule has 2 aliphatic rings. The standard InChI is InChI=1S/C6H10N4O2S/c7-6(11)13-10-3-8-9(4-10)1-5-2-12-5/h3,5H,1-2,4H2,(H2,7,11). The van der Waals surface area contributed by atoms with E-state index in [1.807, 2.05) is 5.01 Å². The second-order valence-electron chi connectivity index (χ2n) is 2.84. The van der Waals surface area contributed by atoms with E-state index in [0.717, 1.165) is 25.1 Å². The highest BCUT2D eigenvalue weighted by Crippen LogP contribution is 2.17. The monoisotopic (exact) mass is 202 g/mol. The van der Waals surface area contributed by atoms with E-state index in [2.05, 4.69) is 5.10 Å². The van der Waals surface area contributed by atoms with Crippen molar-refractivity contribution in [2.24, 2.45) is 10.8 Å². The topological polar surface area (TPSA) is 74.5 Å². The lowest BCUT2D eigenvalue weighted by Gasteiger charge is -2.15. The zero-order valence-electron chi connectivity index (χ0n) is 6.92. The van der Waals surface area contributed by atoms with Gasteiger partial charge in [-0.25, -0.2) is 0 Å². The number of primary amides is 1. The van der Waals surface area contributed by atoms with Crippen LogP contribution < -0.4 is 5.73 Å². The van der Waals surface area contributed by atoms with Gasteiger partial charge in [-0.15, -0.1) is 0 Å². The first-order valence-corrected chi connectivity index (χ1v) is 4.66. The molecule has 1 unspecified atom stereocenters. The first kappa shape index (κ1) is 8.64. The summed E-state index contributed by atoms with van der Waals surface area (Å²) >= 11 is 0.954. The Labute approximate surface area is 79.8 Å². The molecule has 7 heteroatoms. The van der Waals surface area contributed by atoms with Gasteiger partial charge < -0.3 is 10.5 Å². The SMILES string of the molecule is NC(=O)SN1C=NN(CC2CO2)C1. The summed E-state index contributed by atoms with van der Waals surface area (Å²) in [5.41, 5.74) is 5.01. The largest absolute Gasteiger partial charge is 0.371 e. The molecule has 0 spiro atoms. The molecule has 72 valence electrons. The molecule has 2 aliphatic heterocycles. The summed E-state index contributed by atoms with van der Waals surface area (Å²) in [6.07, 6.45) is 1.91. The van der Waals surface area contributed by atoms with Crippen molar-refractivity contribution >= 4 is 23.5 Å². The van der Waals surface area contributed by atoms with E-state index >= 15 is 0 Å². The van der Waals surface area contributed by atoms with Gasteiger partial charge >= 0.3 is 0 Å². The fourth-order valence-electron chi connectivity index (χ4n) is 1.05. The molecule has 2 N–H and O–H groups in total. The molecule has 1 saturated heterocycles. The Balaban J connectivity index is 1.74. The van der Waals surface area contributed by atoms with Crippen LogP contribution in [0, 0.1) is 0 Å². The Morgan fingerprint density at radius 1 is 1.85 bits per heavy atom. The molecule has 1 fully saturated rings. The minimum absolute atomic E-state index is 0.315. The molecule has 1 atom stereocenters. The minimum Gasteiger partial charge on any atom is -0.371 e. The van der Waals surface area contributed by atoms with Gasteiger partial charge in [-0.2, -0.15) is 5.10 Å². The van der Waals surface area contributed by atoms with E-state index < -0.39 is 5.24 Å². The van der Waals surface area contributed by atoms with Crippen molar-refractivity contribution in [2.45, 2.75) is 6.10 Å². The third kappa shape index (κ3) is 2.49. The highest BCUT2D eigenvalue weighted by atomic mass is 32.2. The number of hydrazone groups is 1. The first-order valence-electron chi connectivity index (χ1n) is 3.89. The van der Waals surface area contributed by atoms with Gasteiger partial charge in [0.1, 0.15) is 19.1 Å². The van der Waals surface area contributed by atoms with Crippen molar-refractivity contribution in [3.8, 4) is 0 Å². The molecule has 2 rings (SSSR count). The van der Waals surface area contributed by atoms with Crippen LogP contribution in [0.5, 0.6) is 0 Å². The number of nitrogens with two attached hydrogens (primary N) is 1. The summed E-state index contributed by atoms with van der Waals surface area (Å²) in [7, 11) is 0. The normalized spacial score (nSPS) is 25.4. The lowest BCUT2D eigenvalue weighted by molar-refractivity contribution is 0.246. The van der Waals surface area contributed by atoms with Gasteiger partial charge in [0, 0.05) is 0 Å². The van der Waals surface area contributed by atoms with Crippen molar-refractivity contribution in [3.05, 3.63) is 0 Å². The fraction of sp³-hybridized carbons (Fsp3) is 0.667. The van der Waals surface area contributed by atoms with Crippen LogP contribution in [0.25, 0.3) is 0 Å². The second kappa shape index (κ2) is 3.43. The van der Waals surface area contributed by atoms with E-state index in [4.69, 9.17) is 10.5 Å². The third-order valence-electron chi connectivity index (χ3n) is 1.67. The summed E-state index contributed by atoms with van der Waals surface area (Å²) in [5, 5.41) is 5.50. The van der Waals surface area contributed by atoms with Crippen LogP contribution in [0.2, 0.25) is 0 Å². The molecule has 0 saturated carbocycles. The number of amides is 1. The highest BCUT2D eigenvalue weighted by molar-refractivity contribution is 8.11. The average molecular weight is 202 g/mol. The predicted molar refractivity (Wildman–Crippen MR) is 48.8 cm³/mol. The average Bonchev–Trinajstić information content (AvgIpc) is 2.73.